The minimum absolute atomic E-state index is 0.134. The van der Waals surface area contributed by atoms with Crippen LogP contribution in [-0.4, -0.2) is 18.4 Å². The third-order valence-corrected chi connectivity index (χ3v) is 4.82. The van der Waals surface area contributed by atoms with Gasteiger partial charge in [0.25, 0.3) is 0 Å². The van der Waals surface area contributed by atoms with Crippen LogP contribution in [0.2, 0.25) is 0 Å². The fourth-order valence-electron chi connectivity index (χ4n) is 3.33. The van der Waals surface area contributed by atoms with E-state index < -0.39 is 0 Å². The number of Topliss-reactive ketones (excluding diaryl/α,β-unsaturated/α-hetero) is 1. The molecule has 1 aliphatic carbocycles. The summed E-state index contributed by atoms with van der Waals surface area (Å²) in [7, 11) is 0. The van der Waals surface area contributed by atoms with Crippen molar-refractivity contribution in [2.24, 2.45) is 11.7 Å². The number of carbonyl (C=O) groups is 1. The Morgan fingerprint density at radius 1 is 1.40 bits per heavy atom. The molecular formula is C16H20BrNO2. The highest BCUT2D eigenvalue weighted by Gasteiger charge is 2.27. The van der Waals surface area contributed by atoms with E-state index in [9.17, 15) is 4.79 Å². The van der Waals surface area contributed by atoms with Crippen LogP contribution < -0.4 is 10.5 Å². The second kappa shape index (κ2) is 5.86. The quantitative estimate of drug-likeness (QED) is 0.922. The maximum absolute atomic E-state index is 12.5. The van der Waals surface area contributed by atoms with E-state index in [0.717, 1.165) is 54.5 Å². The van der Waals surface area contributed by atoms with Gasteiger partial charge in [0.05, 0.1) is 6.61 Å². The van der Waals surface area contributed by atoms with Gasteiger partial charge in [-0.25, -0.2) is 0 Å². The van der Waals surface area contributed by atoms with Crippen molar-refractivity contribution in [1.82, 2.24) is 0 Å². The molecule has 1 aromatic rings. The van der Waals surface area contributed by atoms with E-state index in [1.165, 1.54) is 5.56 Å². The van der Waals surface area contributed by atoms with Crippen molar-refractivity contribution in [3.05, 3.63) is 27.7 Å². The minimum atomic E-state index is 0.134. The number of nitrogens with two attached hydrogens (primary N) is 1. The number of halogens is 1. The van der Waals surface area contributed by atoms with Crippen LogP contribution in [0.25, 0.3) is 0 Å². The number of ether oxygens (including phenoxy) is 1. The summed E-state index contributed by atoms with van der Waals surface area (Å²) in [6.07, 6.45) is 5.37. The molecule has 0 saturated heterocycles. The van der Waals surface area contributed by atoms with Crippen LogP contribution in [0.4, 0.5) is 0 Å². The Hall–Kier alpha value is -0.870. The van der Waals surface area contributed by atoms with E-state index in [0.29, 0.717) is 12.2 Å². The Bertz CT molecular complexity index is 529. The highest BCUT2D eigenvalue weighted by Crippen LogP contribution is 2.34. The van der Waals surface area contributed by atoms with Gasteiger partial charge < -0.3 is 10.5 Å². The van der Waals surface area contributed by atoms with Crippen molar-refractivity contribution >= 4 is 21.7 Å². The summed E-state index contributed by atoms with van der Waals surface area (Å²) >= 11 is 3.52. The number of ketones is 1. The standard InChI is InChI=1S/C16H20BrNO2/c17-13-6-11-4-5-20-16(11)12(7-13)9-15(19)10-2-1-3-14(18)8-10/h6-7,10,14H,1-5,8-9,18H2. The van der Waals surface area contributed by atoms with Gasteiger partial charge in [-0.05, 0) is 37.0 Å². The Kier molecular flexibility index (Phi) is 4.13. The van der Waals surface area contributed by atoms with Crippen molar-refractivity contribution < 1.29 is 9.53 Å². The molecule has 0 spiro atoms. The van der Waals surface area contributed by atoms with Crippen LogP contribution in [0.5, 0.6) is 5.75 Å². The van der Waals surface area contributed by atoms with E-state index in [4.69, 9.17) is 10.5 Å². The normalized spacial score (nSPS) is 25.1. The van der Waals surface area contributed by atoms with Crippen LogP contribution in [0.15, 0.2) is 16.6 Å². The lowest BCUT2D eigenvalue weighted by Gasteiger charge is -2.25. The predicted molar refractivity (Wildman–Crippen MR) is 82.0 cm³/mol. The summed E-state index contributed by atoms with van der Waals surface area (Å²) < 4.78 is 6.73. The molecule has 2 N–H and O–H groups in total. The minimum Gasteiger partial charge on any atom is -0.493 e. The summed E-state index contributed by atoms with van der Waals surface area (Å²) in [6, 6.07) is 4.31. The second-order valence-electron chi connectivity index (χ2n) is 5.92. The lowest BCUT2D eigenvalue weighted by Crippen LogP contribution is -2.32. The average molecular weight is 338 g/mol. The Labute approximate surface area is 128 Å². The molecule has 2 unspecified atom stereocenters. The third kappa shape index (κ3) is 2.91. The van der Waals surface area contributed by atoms with E-state index >= 15 is 0 Å². The fraction of sp³-hybridized carbons (Fsp3) is 0.562. The van der Waals surface area contributed by atoms with Gasteiger partial charge in [0.1, 0.15) is 11.5 Å². The lowest BCUT2D eigenvalue weighted by atomic mass is 9.82. The maximum atomic E-state index is 12.5. The van der Waals surface area contributed by atoms with Crippen molar-refractivity contribution in [2.75, 3.05) is 6.61 Å². The zero-order chi connectivity index (χ0) is 14.1. The van der Waals surface area contributed by atoms with E-state index in [1.807, 2.05) is 6.07 Å². The van der Waals surface area contributed by atoms with Gasteiger partial charge in [0.2, 0.25) is 0 Å². The second-order valence-corrected chi connectivity index (χ2v) is 6.83. The van der Waals surface area contributed by atoms with Crippen molar-refractivity contribution in [1.29, 1.82) is 0 Å². The van der Waals surface area contributed by atoms with Crippen LogP contribution in [-0.2, 0) is 17.6 Å². The topological polar surface area (TPSA) is 52.3 Å². The first-order valence-corrected chi connectivity index (χ1v) is 8.15. The van der Waals surface area contributed by atoms with Gasteiger partial charge in [-0.3, -0.25) is 4.79 Å². The molecule has 0 radical (unpaired) electrons. The molecule has 0 bridgehead atoms. The van der Waals surface area contributed by atoms with Crippen LogP contribution in [0.3, 0.4) is 0 Å². The SMILES string of the molecule is NC1CCCC(C(=O)Cc2cc(Br)cc3c2OCC3)C1. The molecule has 0 aromatic heterocycles. The predicted octanol–water partition coefficient (Wildman–Crippen LogP) is 3.01. The maximum Gasteiger partial charge on any atom is 0.140 e. The highest BCUT2D eigenvalue weighted by molar-refractivity contribution is 9.10. The number of fused-ring (bicyclic) bond motifs is 1. The molecular weight excluding hydrogens is 318 g/mol. The first-order chi connectivity index (χ1) is 9.63. The average Bonchev–Trinajstić information content (AvgIpc) is 2.86. The molecule has 1 heterocycles. The van der Waals surface area contributed by atoms with Crippen molar-refractivity contribution in [3.63, 3.8) is 0 Å². The van der Waals surface area contributed by atoms with Gasteiger partial charge in [0, 0.05) is 34.8 Å². The van der Waals surface area contributed by atoms with Gasteiger partial charge >= 0.3 is 0 Å². The van der Waals surface area contributed by atoms with Gasteiger partial charge in [-0.1, -0.05) is 22.4 Å². The van der Waals surface area contributed by atoms with Crippen molar-refractivity contribution in [2.45, 2.75) is 44.6 Å². The molecule has 1 saturated carbocycles. The molecule has 1 aliphatic heterocycles. The first-order valence-electron chi connectivity index (χ1n) is 7.36. The van der Waals surface area contributed by atoms with Crippen LogP contribution >= 0.6 is 15.9 Å². The Morgan fingerprint density at radius 3 is 3.05 bits per heavy atom. The molecule has 20 heavy (non-hydrogen) atoms. The number of rotatable bonds is 3. The summed E-state index contributed by atoms with van der Waals surface area (Å²) in [4.78, 5) is 12.5. The zero-order valence-corrected chi connectivity index (χ0v) is 13.1. The van der Waals surface area contributed by atoms with Crippen LogP contribution in [0.1, 0.15) is 36.8 Å². The first kappa shape index (κ1) is 14.1. The third-order valence-electron chi connectivity index (χ3n) is 4.36. The van der Waals surface area contributed by atoms with Gasteiger partial charge in [0.15, 0.2) is 0 Å². The lowest BCUT2D eigenvalue weighted by molar-refractivity contribution is -0.123. The number of hydrogen-bond acceptors (Lipinski definition) is 3. The molecule has 2 atom stereocenters. The molecule has 1 aromatic carbocycles. The van der Waals surface area contributed by atoms with E-state index in [2.05, 4.69) is 22.0 Å². The smallest absolute Gasteiger partial charge is 0.140 e. The van der Waals surface area contributed by atoms with Crippen molar-refractivity contribution in [3.8, 4) is 5.75 Å². The van der Waals surface area contributed by atoms with E-state index in [1.54, 1.807) is 0 Å². The molecule has 4 heteroatoms. The zero-order valence-electron chi connectivity index (χ0n) is 11.5. The van der Waals surface area contributed by atoms with Gasteiger partial charge in [-0.15, -0.1) is 0 Å². The summed E-state index contributed by atoms with van der Waals surface area (Å²) in [5.74, 6) is 1.38. The Morgan fingerprint density at radius 2 is 2.25 bits per heavy atom. The molecule has 108 valence electrons. The van der Waals surface area contributed by atoms with E-state index in [-0.39, 0.29) is 12.0 Å². The fourth-order valence-corrected chi connectivity index (χ4v) is 3.88. The highest BCUT2D eigenvalue weighted by atomic mass is 79.9. The monoisotopic (exact) mass is 337 g/mol. The van der Waals surface area contributed by atoms with Gasteiger partial charge in [-0.2, -0.15) is 0 Å². The molecule has 2 aliphatic rings. The summed E-state index contributed by atoms with van der Waals surface area (Å²) in [6.45, 7) is 0.723. The summed E-state index contributed by atoms with van der Waals surface area (Å²) in [5.41, 5.74) is 8.22. The molecule has 3 nitrogen and oxygen atoms in total. The number of hydrogen-bond donors (Lipinski definition) is 1. The Balaban J connectivity index is 1.76. The molecule has 3 rings (SSSR count). The molecule has 0 amide bonds. The summed E-state index contributed by atoms with van der Waals surface area (Å²) in [5, 5.41) is 0. The molecule has 1 fully saturated rings. The number of carbonyl (C=O) groups excluding carboxylic acids is 1. The van der Waals surface area contributed by atoms with Crippen LogP contribution in [0, 0.1) is 5.92 Å². The number of benzene rings is 1. The largest absolute Gasteiger partial charge is 0.493 e.